The molecule has 0 bridgehead atoms. The van der Waals surface area contributed by atoms with Gasteiger partial charge in [-0.1, -0.05) is 32.6 Å². The Morgan fingerprint density at radius 3 is 2.71 bits per heavy atom. The summed E-state index contributed by atoms with van der Waals surface area (Å²) in [4.78, 5) is 14.1. The molecule has 2 N–H and O–H groups in total. The molecule has 1 heterocycles. The normalized spacial score (nSPS) is 30.1. The maximum atomic E-state index is 12.1. The van der Waals surface area contributed by atoms with Crippen molar-refractivity contribution >= 4 is 5.91 Å². The third-order valence-electron chi connectivity index (χ3n) is 4.64. The molecule has 0 aromatic rings. The van der Waals surface area contributed by atoms with E-state index in [0.29, 0.717) is 12.5 Å². The Kier molecular flexibility index (Phi) is 4.08. The molecule has 1 saturated carbocycles. The predicted octanol–water partition coefficient (Wildman–Crippen LogP) is 2.15. The Hall–Kier alpha value is -0.570. The van der Waals surface area contributed by atoms with Gasteiger partial charge in [-0.2, -0.15) is 0 Å². The maximum absolute atomic E-state index is 12.1. The van der Waals surface area contributed by atoms with E-state index in [1.54, 1.807) is 0 Å². The van der Waals surface area contributed by atoms with Gasteiger partial charge >= 0.3 is 0 Å². The van der Waals surface area contributed by atoms with Gasteiger partial charge in [0.2, 0.25) is 5.91 Å². The summed E-state index contributed by atoms with van der Waals surface area (Å²) in [6.07, 6.45) is 8.35. The molecular formula is C14H26N2O. The largest absolute Gasteiger partial charge is 0.342 e. The summed E-state index contributed by atoms with van der Waals surface area (Å²) in [5, 5.41) is 0. The lowest BCUT2D eigenvalue weighted by Crippen LogP contribution is -2.34. The number of amides is 1. The maximum Gasteiger partial charge on any atom is 0.222 e. The Morgan fingerprint density at radius 1 is 1.41 bits per heavy atom. The van der Waals surface area contributed by atoms with Gasteiger partial charge in [0.25, 0.3) is 0 Å². The summed E-state index contributed by atoms with van der Waals surface area (Å²) >= 11 is 0. The molecule has 17 heavy (non-hydrogen) atoms. The Bertz CT molecular complexity index is 273. The Labute approximate surface area is 105 Å². The minimum absolute atomic E-state index is 0.170. The fourth-order valence-electron chi connectivity index (χ4n) is 3.19. The third kappa shape index (κ3) is 3.21. The summed E-state index contributed by atoms with van der Waals surface area (Å²) in [5.41, 5.74) is 5.94. The fraction of sp³-hybridized carbons (Fsp3) is 0.929. The first-order valence-electron chi connectivity index (χ1n) is 7.11. The van der Waals surface area contributed by atoms with E-state index < -0.39 is 0 Å². The molecule has 1 amide bonds. The molecular weight excluding hydrogens is 212 g/mol. The zero-order valence-electron chi connectivity index (χ0n) is 11.1. The van der Waals surface area contributed by atoms with Gasteiger partial charge in [-0.25, -0.2) is 0 Å². The Balaban J connectivity index is 1.73. The number of nitrogens with zero attached hydrogens (tertiary/aromatic N) is 1. The van der Waals surface area contributed by atoms with E-state index in [1.165, 1.54) is 25.7 Å². The lowest BCUT2D eigenvalue weighted by atomic mass is 9.90. The van der Waals surface area contributed by atoms with Gasteiger partial charge in [-0.15, -0.1) is 0 Å². The predicted molar refractivity (Wildman–Crippen MR) is 69.6 cm³/mol. The van der Waals surface area contributed by atoms with E-state index >= 15 is 0 Å². The summed E-state index contributed by atoms with van der Waals surface area (Å²) in [6, 6.07) is 0. The van der Waals surface area contributed by atoms with E-state index in [-0.39, 0.29) is 5.41 Å². The molecule has 98 valence electrons. The van der Waals surface area contributed by atoms with Crippen molar-refractivity contribution in [2.75, 3.05) is 19.6 Å². The van der Waals surface area contributed by atoms with Gasteiger partial charge in [0, 0.05) is 19.5 Å². The molecule has 3 heteroatoms. The number of rotatable bonds is 4. The average molecular weight is 238 g/mol. The van der Waals surface area contributed by atoms with Crippen LogP contribution in [0.15, 0.2) is 0 Å². The Morgan fingerprint density at radius 2 is 2.12 bits per heavy atom. The van der Waals surface area contributed by atoms with Crippen molar-refractivity contribution < 1.29 is 4.79 Å². The zero-order chi connectivity index (χ0) is 12.3. The van der Waals surface area contributed by atoms with Crippen LogP contribution in [0.25, 0.3) is 0 Å². The summed E-state index contributed by atoms with van der Waals surface area (Å²) in [7, 11) is 0. The summed E-state index contributed by atoms with van der Waals surface area (Å²) in [6.45, 7) is 4.67. The van der Waals surface area contributed by atoms with Gasteiger partial charge in [0.05, 0.1) is 0 Å². The van der Waals surface area contributed by atoms with Crippen LogP contribution in [0.5, 0.6) is 0 Å². The van der Waals surface area contributed by atoms with Gasteiger partial charge in [0.1, 0.15) is 0 Å². The quantitative estimate of drug-likeness (QED) is 0.815. The number of likely N-dealkylation sites (tertiary alicyclic amines) is 1. The first kappa shape index (κ1) is 12.9. The number of hydrogen-bond acceptors (Lipinski definition) is 2. The number of carbonyl (C=O) groups excluding carboxylic acids is 1. The van der Waals surface area contributed by atoms with Gasteiger partial charge in [-0.3, -0.25) is 4.79 Å². The van der Waals surface area contributed by atoms with Gasteiger partial charge in [0.15, 0.2) is 0 Å². The van der Waals surface area contributed by atoms with Crippen molar-refractivity contribution in [1.82, 2.24) is 4.90 Å². The average Bonchev–Trinajstić information content (AvgIpc) is 2.96. The summed E-state index contributed by atoms with van der Waals surface area (Å²) < 4.78 is 0. The van der Waals surface area contributed by atoms with Crippen molar-refractivity contribution in [3.63, 3.8) is 0 Å². The summed E-state index contributed by atoms with van der Waals surface area (Å²) in [5.74, 6) is 1.18. The van der Waals surface area contributed by atoms with Crippen LogP contribution in [0.2, 0.25) is 0 Å². The van der Waals surface area contributed by atoms with Crippen molar-refractivity contribution in [3.8, 4) is 0 Å². The molecule has 2 aliphatic rings. The van der Waals surface area contributed by atoms with E-state index in [0.717, 1.165) is 38.3 Å². The van der Waals surface area contributed by atoms with Gasteiger partial charge in [-0.05, 0) is 30.7 Å². The highest BCUT2D eigenvalue weighted by atomic mass is 16.2. The van der Waals surface area contributed by atoms with Crippen molar-refractivity contribution in [1.29, 1.82) is 0 Å². The van der Waals surface area contributed by atoms with Crippen LogP contribution in [0.3, 0.4) is 0 Å². The highest BCUT2D eigenvalue weighted by molar-refractivity contribution is 5.76. The van der Waals surface area contributed by atoms with E-state index in [2.05, 4.69) is 6.92 Å². The van der Waals surface area contributed by atoms with Crippen molar-refractivity contribution in [3.05, 3.63) is 0 Å². The van der Waals surface area contributed by atoms with E-state index in [9.17, 15) is 4.79 Å². The zero-order valence-corrected chi connectivity index (χ0v) is 11.1. The van der Waals surface area contributed by atoms with Crippen LogP contribution in [-0.2, 0) is 4.79 Å². The molecule has 1 unspecified atom stereocenters. The number of nitrogens with two attached hydrogens (primary N) is 1. The van der Waals surface area contributed by atoms with Crippen molar-refractivity contribution in [2.45, 2.75) is 51.9 Å². The molecule has 0 aromatic heterocycles. The molecule has 0 aromatic carbocycles. The minimum atomic E-state index is 0.170. The smallest absolute Gasteiger partial charge is 0.222 e. The van der Waals surface area contributed by atoms with Gasteiger partial charge < -0.3 is 10.6 Å². The van der Waals surface area contributed by atoms with Crippen LogP contribution in [0.1, 0.15) is 51.9 Å². The standard InChI is InChI=1S/C14H26N2O/c1-14(10-15)8-9-16(11-14)13(17)7-6-12-4-2-3-5-12/h12H,2-11,15H2,1H3. The highest BCUT2D eigenvalue weighted by Crippen LogP contribution is 2.31. The molecule has 3 nitrogen and oxygen atoms in total. The molecule has 0 radical (unpaired) electrons. The number of carbonyl (C=O) groups is 1. The monoisotopic (exact) mass is 238 g/mol. The van der Waals surface area contributed by atoms with Crippen LogP contribution in [0.4, 0.5) is 0 Å². The van der Waals surface area contributed by atoms with Crippen LogP contribution < -0.4 is 5.73 Å². The lowest BCUT2D eigenvalue weighted by molar-refractivity contribution is -0.130. The second kappa shape index (κ2) is 5.38. The molecule has 1 aliphatic carbocycles. The minimum Gasteiger partial charge on any atom is -0.342 e. The molecule has 2 fully saturated rings. The molecule has 1 aliphatic heterocycles. The first-order chi connectivity index (χ1) is 8.13. The highest BCUT2D eigenvalue weighted by Gasteiger charge is 2.34. The van der Waals surface area contributed by atoms with Crippen LogP contribution in [-0.4, -0.2) is 30.4 Å². The van der Waals surface area contributed by atoms with Crippen LogP contribution in [0, 0.1) is 11.3 Å². The second-order valence-electron chi connectivity index (χ2n) is 6.27. The number of hydrogen-bond donors (Lipinski definition) is 1. The second-order valence-corrected chi connectivity index (χ2v) is 6.27. The van der Waals surface area contributed by atoms with E-state index in [4.69, 9.17) is 5.73 Å². The van der Waals surface area contributed by atoms with E-state index in [1.807, 2.05) is 4.90 Å². The fourth-order valence-corrected chi connectivity index (χ4v) is 3.19. The third-order valence-corrected chi connectivity index (χ3v) is 4.64. The molecule has 1 atom stereocenters. The van der Waals surface area contributed by atoms with Crippen molar-refractivity contribution in [2.24, 2.45) is 17.1 Å². The van der Waals surface area contributed by atoms with Crippen LogP contribution >= 0.6 is 0 Å². The topological polar surface area (TPSA) is 46.3 Å². The first-order valence-corrected chi connectivity index (χ1v) is 7.11. The molecule has 2 rings (SSSR count). The lowest BCUT2D eigenvalue weighted by Gasteiger charge is -2.23. The SMILES string of the molecule is CC1(CN)CCN(C(=O)CCC2CCCC2)C1. The molecule has 0 spiro atoms. The molecule has 1 saturated heterocycles.